The molecule has 1 heterocycles. The molecule has 0 radical (unpaired) electrons. The molecule has 0 aliphatic heterocycles. The van der Waals surface area contributed by atoms with Crippen molar-refractivity contribution in [3.05, 3.63) is 6.20 Å². The Bertz CT molecular complexity index is 591. The largest absolute Gasteiger partial charge is 0.381 e. The van der Waals surface area contributed by atoms with Gasteiger partial charge in [-0.25, -0.2) is 13.1 Å². The minimum Gasteiger partial charge on any atom is -0.381 e. The molecule has 4 N–H and O–H groups in total. The van der Waals surface area contributed by atoms with Gasteiger partial charge in [0.05, 0.1) is 6.54 Å². The van der Waals surface area contributed by atoms with Gasteiger partial charge in [-0.3, -0.25) is 9.48 Å². The molecule has 1 saturated carbocycles. The van der Waals surface area contributed by atoms with Crippen molar-refractivity contribution in [1.82, 2.24) is 19.8 Å². The van der Waals surface area contributed by atoms with Gasteiger partial charge in [-0.15, -0.1) is 0 Å². The Hall–Kier alpha value is -1.61. The second-order valence-corrected chi connectivity index (χ2v) is 6.54. The number of nitrogens with one attached hydrogen (secondary N) is 2. The van der Waals surface area contributed by atoms with Gasteiger partial charge in [-0.05, 0) is 19.3 Å². The number of carbonyl (C=O) groups is 1. The maximum Gasteiger partial charge on any atom is 0.246 e. The molecule has 20 heavy (non-hydrogen) atoms. The minimum atomic E-state index is -3.82. The van der Waals surface area contributed by atoms with E-state index in [9.17, 15) is 13.2 Å². The number of nitrogens with two attached hydrogens (primary N) is 1. The predicted molar refractivity (Wildman–Crippen MR) is 73.3 cm³/mol. The van der Waals surface area contributed by atoms with E-state index in [-0.39, 0.29) is 29.2 Å². The number of rotatable bonds is 7. The van der Waals surface area contributed by atoms with Crippen molar-refractivity contribution >= 4 is 21.7 Å². The van der Waals surface area contributed by atoms with Crippen LogP contribution in [0.1, 0.15) is 26.2 Å². The average Bonchev–Trinajstić information content (AvgIpc) is 3.09. The van der Waals surface area contributed by atoms with E-state index in [1.165, 1.54) is 10.9 Å². The maximum atomic E-state index is 12.1. The summed E-state index contributed by atoms with van der Waals surface area (Å²) in [6, 6.07) is 0.198. The Labute approximate surface area is 117 Å². The molecule has 0 atom stereocenters. The molecule has 2 rings (SSSR count). The summed E-state index contributed by atoms with van der Waals surface area (Å²) in [6.07, 6.45) is 4.10. The van der Waals surface area contributed by atoms with Gasteiger partial charge in [0.1, 0.15) is 4.90 Å². The normalized spacial score (nSPS) is 15.2. The van der Waals surface area contributed by atoms with Crippen LogP contribution in [-0.4, -0.2) is 36.7 Å². The summed E-state index contributed by atoms with van der Waals surface area (Å²) < 4.78 is 27.8. The Morgan fingerprint density at radius 3 is 2.85 bits per heavy atom. The van der Waals surface area contributed by atoms with E-state index in [0.717, 1.165) is 19.3 Å². The van der Waals surface area contributed by atoms with Crippen LogP contribution in [0.25, 0.3) is 0 Å². The van der Waals surface area contributed by atoms with E-state index < -0.39 is 10.0 Å². The van der Waals surface area contributed by atoms with E-state index in [1.54, 1.807) is 0 Å². The third-order valence-corrected chi connectivity index (χ3v) is 4.28. The molecule has 0 saturated heterocycles. The standard InChI is InChI=1S/C11H19N5O3S/c1-2-5-16-7-9(11(12)15-16)20(18,19)13-6-10(17)14-8-3-4-8/h7-8,13H,2-6H2,1H3,(H2,12,15)(H,14,17). The monoisotopic (exact) mass is 301 g/mol. The van der Waals surface area contributed by atoms with Gasteiger partial charge in [0.15, 0.2) is 5.82 Å². The first-order valence-corrected chi connectivity index (χ1v) is 8.02. The van der Waals surface area contributed by atoms with Gasteiger partial charge in [0, 0.05) is 18.8 Å². The molecule has 112 valence electrons. The van der Waals surface area contributed by atoms with Crippen LogP contribution >= 0.6 is 0 Å². The van der Waals surface area contributed by atoms with Crippen molar-refractivity contribution < 1.29 is 13.2 Å². The fourth-order valence-corrected chi connectivity index (χ4v) is 2.77. The van der Waals surface area contributed by atoms with Crippen LogP contribution in [0.5, 0.6) is 0 Å². The average molecular weight is 301 g/mol. The molecule has 1 aliphatic carbocycles. The third-order valence-electron chi connectivity index (χ3n) is 2.86. The number of nitrogens with zero attached hydrogens (tertiary/aromatic N) is 2. The number of hydrogen-bond acceptors (Lipinski definition) is 5. The van der Waals surface area contributed by atoms with Gasteiger partial charge in [0.25, 0.3) is 0 Å². The van der Waals surface area contributed by atoms with Crippen LogP contribution in [0.3, 0.4) is 0 Å². The summed E-state index contributed by atoms with van der Waals surface area (Å²) in [5.74, 6) is -0.399. The molecule has 1 amide bonds. The Kier molecular flexibility index (Phi) is 4.29. The molecule has 1 aromatic rings. The smallest absolute Gasteiger partial charge is 0.246 e. The van der Waals surface area contributed by atoms with Crippen LogP contribution in [0, 0.1) is 0 Å². The van der Waals surface area contributed by atoms with Crippen LogP contribution < -0.4 is 15.8 Å². The highest BCUT2D eigenvalue weighted by Crippen LogP contribution is 2.18. The maximum absolute atomic E-state index is 12.1. The summed E-state index contributed by atoms with van der Waals surface area (Å²) in [4.78, 5) is 11.4. The molecule has 0 spiro atoms. The lowest BCUT2D eigenvalue weighted by molar-refractivity contribution is -0.120. The van der Waals surface area contributed by atoms with E-state index in [1.807, 2.05) is 6.92 Å². The van der Waals surface area contributed by atoms with Gasteiger partial charge in [0.2, 0.25) is 15.9 Å². The zero-order chi connectivity index (χ0) is 14.8. The van der Waals surface area contributed by atoms with Crippen molar-refractivity contribution in [3.63, 3.8) is 0 Å². The predicted octanol–water partition coefficient (Wildman–Crippen LogP) is -0.568. The SMILES string of the molecule is CCCn1cc(S(=O)(=O)NCC(=O)NC2CC2)c(N)n1. The van der Waals surface area contributed by atoms with Gasteiger partial charge < -0.3 is 11.1 Å². The van der Waals surface area contributed by atoms with Crippen molar-refractivity contribution in [2.24, 2.45) is 0 Å². The Balaban J connectivity index is 1.99. The number of aryl methyl sites for hydroxylation is 1. The zero-order valence-corrected chi connectivity index (χ0v) is 12.1. The highest BCUT2D eigenvalue weighted by atomic mass is 32.2. The van der Waals surface area contributed by atoms with Gasteiger partial charge in [-0.1, -0.05) is 6.92 Å². The molecule has 1 aliphatic rings. The zero-order valence-electron chi connectivity index (χ0n) is 11.3. The van der Waals surface area contributed by atoms with Crippen molar-refractivity contribution in [2.45, 2.75) is 43.7 Å². The summed E-state index contributed by atoms with van der Waals surface area (Å²) >= 11 is 0. The van der Waals surface area contributed by atoms with E-state index >= 15 is 0 Å². The topological polar surface area (TPSA) is 119 Å². The number of nitrogen functional groups attached to an aromatic ring is 1. The number of anilines is 1. The van der Waals surface area contributed by atoms with Gasteiger partial charge in [-0.2, -0.15) is 5.10 Å². The molecule has 0 aromatic carbocycles. The fraction of sp³-hybridized carbons (Fsp3) is 0.636. The van der Waals surface area contributed by atoms with E-state index in [4.69, 9.17) is 5.73 Å². The summed E-state index contributed by atoms with van der Waals surface area (Å²) in [7, 11) is -3.82. The second-order valence-electron chi connectivity index (χ2n) is 4.81. The fourth-order valence-electron chi connectivity index (χ4n) is 1.71. The van der Waals surface area contributed by atoms with Crippen molar-refractivity contribution in [2.75, 3.05) is 12.3 Å². The molecule has 1 fully saturated rings. The molecule has 0 bridgehead atoms. The number of carbonyl (C=O) groups excluding carboxylic acids is 1. The molecule has 1 aromatic heterocycles. The number of hydrogen-bond donors (Lipinski definition) is 3. The highest BCUT2D eigenvalue weighted by Gasteiger charge is 2.25. The van der Waals surface area contributed by atoms with Crippen LogP contribution in [0.15, 0.2) is 11.1 Å². The lowest BCUT2D eigenvalue weighted by Crippen LogP contribution is -2.37. The third kappa shape index (κ3) is 3.70. The molecule has 0 unspecified atom stereocenters. The number of aromatic nitrogens is 2. The first kappa shape index (κ1) is 14.8. The molecule has 9 heteroatoms. The number of amides is 1. The van der Waals surface area contributed by atoms with E-state index in [2.05, 4.69) is 15.1 Å². The lowest BCUT2D eigenvalue weighted by atomic mass is 10.5. The number of sulfonamides is 1. The second kappa shape index (κ2) is 5.80. The summed E-state index contributed by atoms with van der Waals surface area (Å²) in [6.45, 7) is 2.24. The first-order chi connectivity index (χ1) is 9.42. The molecular formula is C11H19N5O3S. The van der Waals surface area contributed by atoms with Crippen molar-refractivity contribution in [3.8, 4) is 0 Å². The Morgan fingerprint density at radius 2 is 2.25 bits per heavy atom. The van der Waals surface area contributed by atoms with Crippen LogP contribution in [-0.2, 0) is 21.4 Å². The first-order valence-electron chi connectivity index (χ1n) is 6.54. The molecule has 8 nitrogen and oxygen atoms in total. The highest BCUT2D eigenvalue weighted by molar-refractivity contribution is 7.89. The van der Waals surface area contributed by atoms with E-state index in [0.29, 0.717) is 6.54 Å². The summed E-state index contributed by atoms with van der Waals surface area (Å²) in [5, 5.41) is 6.63. The Morgan fingerprint density at radius 1 is 1.55 bits per heavy atom. The van der Waals surface area contributed by atoms with Crippen LogP contribution in [0.2, 0.25) is 0 Å². The summed E-state index contributed by atoms with van der Waals surface area (Å²) in [5.41, 5.74) is 5.60. The van der Waals surface area contributed by atoms with Crippen molar-refractivity contribution in [1.29, 1.82) is 0 Å². The molecular weight excluding hydrogens is 282 g/mol. The van der Waals surface area contributed by atoms with Gasteiger partial charge >= 0.3 is 0 Å². The van der Waals surface area contributed by atoms with Crippen LogP contribution in [0.4, 0.5) is 5.82 Å². The minimum absolute atomic E-state index is 0.0615. The quantitative estimate of drug-likeness (QED) is 0.623. The lowest BCUT2D eigenvalue weighted by Gasteiger charge is -2.05.